The minimum absolute atomic E-state index is 0.00667. The summed E-state index contributed by atoms with van der Waals surface area (Å²) >= 11 is 1.42. The van der Waals surface area contributed by atoms with Gasteiger partial charge in [-0.05, 0) is 54.6 Å². The molecule has 3 aromatic rings. The summed E-state index contributed by atoms with van der Waals surface area (Å²) in [7, 11) is 2.33. The number of rotatable bonds is 9. The Morgan fingerprint density at radius 1 is 1.10 bits per heavy atom. The van der Waals surface area contributed by atoms with E-state index < -0.39 is 10.8 Å². The first kappa shape index (κ1) is 23.0. The number of aromatic nitrogens is 2. The topological polar surface area (TPSA) is 81.2 Å². The Morgan fingerprint density at radius 2 is 1.77 bits per heavy atom. The normalized spacial score (nSPS) is 11.7. The van der Waals surface area contributed by atoms with Crippen LogP contribution in [0.4, 0.5) is 5.82 Å². The van der Waals surface area contributed by atoms with E-state index in [2.05, 4.69) is 15.3 Å². The summed E-state index contributed by atoms with van der Waals surface area (Å²) in [6.07, 6.45) is 4.52. The van der Waals surface area contributed by atoms with Crippen LogP contribution in [0.5, 0.6) is 5.75 Å². The van der Waals surface area contributed by atoms with Crippen LogP contribution in [0.25, 0.3) is 11.4 Å². The predicted molar refractivity (Wildman–Crippen MR) is 127 cm³/mol. The molecule has 0 bridgehead atoms. The Bertz CT molecular complexity index is 1060. The van der Waals surface area contributed by atoms with Gasteiger partial charge in [-0.3, -0.25) is 9.00 Å². The Hall–Kier alpha value is -2.71. The molecule has 6 nitrogen and oxygen atoms in total. The maximum absolute atomic E-state index is 13.1. The van der Waals surface area contributed by atoms with Crippen LogP contribution in [0.1, 0.15) is 22.3 Å². The van der Waals surface area contributed by atoms with Crippen LogP contribution in [0.15, 0.2) is 58.5 Å². The zero-order valence-corrected chi connectivity index (χ0v) is 19.6. The van der Waals surface area contributed by atoms with Crippen LogP contribution in [-0.4, -0.2) is 46.6 Å². The number of ketones is 1. The summed E-state index contributed by atoms with van der Waals surface area (Å²) in [6.45, 7) is 0. The second-order valence-electron chi connectivity index (χ2n) is 6.78. The number of carbonyl (C=O) groups excluding carboxylic acids is 1. The molecule has 1 N–H and O–H groups in total. The third kappa shape index (κ3) is 5.51. The van der Waals surface area contributed by atoms with Crippen LogP contribution in [-0.2, 0) is 17.2 Å². The van der Waals surface area contributed by atoms with Gasteiger partial charge in [-0.1, -0.05) is 12.1 Å². The van der Waals surface area contributed by atoms with E-state index in [1.165, 1.54) is 11.8 Å². The number of nitrogens with one attached hydrogen (secondary N) is 1. The van der Waals surface area contributed by atoms with E-state index in [1.54, 1.807) is 32.5 Å². The molecule has 8 heteroatoms. The Kier molecular flexibility index (Phi) is 7.81. The molecule has 0 spiro atoms. The van der Waals surface area contributed by atoms with Gasteiger partial charge in [-0.15, -0.1) is 11.8 Å². The molecule has 1 atom stereocenters. The molecule has 0 radical (unpaired) electrons. The lowest BCUT2D eigenvalue weighted by molar-refractivity contribution is 0.0980. The van der Waals surface area contributed by atoms with E-state index in [4.69, 9.17) is 4.74 Å². The molecule has 1 unspecified atom stereocenters. The zero-order chi connectivity index (χ0) is 22.4. The first-order chi connectivity index (χ1) is 15.0. The molecular weight excluding hydrogens is 430 g/mol. The minimum atomic E-state index is -1.04. The monoisotopic (exact) mass is 455 g/mol. The summed E-state index contributed by atoms with van der Waals surface area (Å²) in [5.74, 6) is 1.82. The molecule has 1 heterocycles. The van der Waals surface area contributed by atoms with E-state index in [0.29, 0.717) is 35.1 Å². The smallest absolute Gasteiger partial charge is 0.169 e. The van der Waals surface area contributed by atoms with E-state index >= 15 is 0 Å². The Labute approximate surface area is 189 Å². The lowest BCUT2D eigenvalue weighted by atomic mass is 10.0. The van der Waals surface area contributed by atoms with Crippen molar-refractivity contribution in [2.24, 2.45) is 0 Å². The van der Waals surface area contributed by atoms with Crippen molar-refractivity contribution in [1.82, 2.24) is 9.97 Å². The van der Waals surface area contributed by atoms with Crippen molar-refractivity contribution in [3.05, 3.63) is 59.7 Å². The number of ether oxygens (including phenoxy) is 1. The average molecular weight is 456 g/mol. The predicted octanol–water partition coefficient (Wildman–Crippen LogP) is 4.47. The van der Waals surface area contributed by atoms with Crippen LogP contribution < -0.4 is 10.1 Å². The first-order valence-corrected chi connectivity index (χ1v) is 12.5. The third-order valence-corrected chi connectivity index (χ3v) is 6.45. The van der Waals surface area contributed by atoms with Crippen molar-refractivity contribution >= 4 is 34.2 Å². The maximum Gasteiger partial charge on any atom is 0.169 e. The second kappa shape index (κ2) is 10.5. The van der Waals surface area contributed by atoms with E-state index in [-0.39, 0.29) is 5.78 Å². The number of hydrogen-bond donors (Lipinski definition) is 1. The fraction of sp³-hybridized carbons (Fsp3) is 0.261. The van der Waals surface area contributed by atoms with Gasteiger partial charge in [0, 0.05) is 41.0 Å². The zero-order valence-electron chi connectivity index (χ0n) is 18.0. The number of thioether (sulfide) groups is 1. The lowest BCUT2D eigenvalue weighted by Crippen LogP contribution is -2.11. The van der Waals surface area contributed by atoms with Gasteiger partial charge >= 0.3 is 0 Å². The number of carbonyl (C=O) groups is 1. The van der Waals surface area contributed by atoms with Gasteiger partial charge in [0.05, 0.1) is 12.7 Å². The fourth-order valence-electron chi connectivity index (χ4n) is 3.12. The van der Waals surface area contributed by atoms with Crippen molar-refractivity contribution in [1.29, 1.82) is 0 Å². The van der Waals surface area contributed by atoms with Crippen LogP contribution in [0.3, 0.4) is 0 Å². The molecule has 0 aliphatic rings. The Morgan fingerprint density at radius 3 is 2.32 bits per heavy atom. The maximum atomic E-state index is 13.1. The minimum Gasteiger partial charge on any atom is -0.497 e. The van der Waals surface area contributed by atoms with Crippen LogP contribution >= 0.6 is 11.8 Å². The fourth-order valence-corrected chi connectivity index (χ4v) is 4.23. The lowest BCUT2D eigenvalue weighted by Gasteiger charge is -2.13. The molecule has 162 valence electrons. The van der Waals surface area contributed by atoms with Gasteiger partial charge in [-0.25, -0.2) is 9.97 Å². The van der Waals surface area contributed by atoms with Gasteiger partial charge in [0.1, 0.15) is 16.6 Å². The van der Waals surface area contributed by atoms with E-state index in [0.717, 1.165) is 21.8 Å². The van der Waals surface area contributed by atoms with Gasteiger partial charge in [-0.2, -0.15) is 0 Å². The van der Waals surface area contributed by atoms with E-state index in [9.17, 15) is 9.00 Å². The van der Waals surface area contributed by atoms with Crippen molar-refractivity contribution < 1.29 is 13.7 Å². The molecule has 1 aromatic heterocycles. The number of hydrogen-bond acceptors (Lipinski definition) is 7. The molecule has 31 heavy (non-hydrogen) atoms. The van der Waals surface area contributed by atoms with Gasteiger partial charge < -0.3 is 10.1 Å². The SMILES string of the molecule is CNc1nc(-c2ccc(S(C)=O)cc2)nc(SC)c1C(=O)CCc1ccc(OC)cc1. The Balaban J connectivity index is 1.87. The molecule has 0 saturated carbocycles. The van der Waals surface area contributed by atoms with Gasteiger partial charge in [0.25, 0.3) is 0 Å². The highest BCUT2D eigenvalue weighted by Crippen LogP contribution is 2.29. The highest BCUT2D eigenvalue weighted by Gasteiger charge is 2.20. The van der Waals surface area contributed by atoms with Gasteiger partial charge in [0.15, 0.2) is 11.6 Å². The number of Topliss-reactive ketones (excluding diaryl/α,β-unsaturated/α-hetero) is 1. The summed E-state index contributed by atoms with van der Waals surface area (Å²) in [4.78, 5) is 23.1. The summed E-state index contributed by atoms with van der Waals surface area (Å²) < 4.78 is 16.8. The number of nitrogens with zero attached hydrogens (tertiary/aromatic N) is 2. The second-order valence-corrected chi connectivity index (χ2v) is 8.95. The molecule has 0 fully saturated rings. The highest BCUT2D eigenvalue weighted by molar-refractivity contribution is 7.98. The average Bonchev–Trinajstić information content (AvgIpc) is 2.81. The largest absolute Gasteiger partial charge is 0.497 e. The van der Waals surface area contributed by atoms with Crippen molar-refractivity contribution in [3.63, 3.8) is 0 Å². The number of benzene rings is 2. The third-order valence-electron chi connectivity index (χ3n) is 4.83. The first-order valence-electron chi connectivity index (χ1n) is 9.70. The van der Waals surface area contributed by atoms with Crippen LogP contribution in [0.2, 0.25) is 0 Å². The molecule has 2 aromatic carbocycles. The molecule has 0 saturated heterocycles. The molecular formula is C23H25N3O3S2. The summed E-state index contributed by atoms with van der Waals surface area (Å²) in [5.41, 5.74) is 2.38. The molecule has 3 rings (SSSR count). The van der Waals surface area contributed by atoms with Crippen LogP contribution in [0, 0.1) is 0 Å². The molecule has 0 aliphatic carbocycles. The molecule has 0 aliphatic heterocycles. The summed E-state index contributed by atoms with van der Waals surface area (Å²) in [5, 5.41) is 3.69. The van der Waals surface area contributed by atoms with Crippen molar-refractivity contribution in [2.45, 2.75) is 22.8 Å². The van der Waals surface area contributed by atoms with Crippen molar-refractivity contribution in [3.8, 4) is 17.1 Å². The van der Waals surface area contributed by atoms with Gasteiger partial charge in [0.2, 0.25) is 0 Å². The highest BCUT2D eigenvalue weighted by atomic mass is 32.2. The van der Waals surface area contributed by atoms with Crippen molar-refractivity contribution in [2.75, 3.05) is 32.0 Å². The van der Waals surface area contributed by atoms with E-state index in [1.807, 2.05) is 42.7 Å². The molecule has 0 amide bonds. The summed E-state index contributed by atoms with van der Waals surface area (Å²) in [6, 6.07) is 15.0. The standard InChI is InChI=1S/C23H25N3O3S2/c1-24-22-20(19(27)14-7-15-5-10-17(29-2)11-6-15)23(30-3)26-21(25-22)16-8-12-18(13-9-16)31(4)28/h5-6,8-13H,7,14H2,1-4H3,(H,24,25,26). The quantitative estimate of drug-likeness (QED) is 0.290. The number of aryl methyl sites for hydroxylation is 1. The number of methoxy groups -OCH3 is 1. The number of anilines is 1.